The van der Waals surface area contributed by atoms with Crippen molar-refractivity contribution < 1.29 is 14.6 Å². The highest BCUT2D eigenvalue weighted by atomic mass is 19.1. The maximum Gasteiger partial charge on any atom is 0.141 e. The number of aliphatic hydroxyl groups is 1. The number of aliphatic hydroxyl groups excluding tert-OH is 1. The molecular weight excluding hydrogens is 419 g/mol. The number of aromatic hydroxyl groups is 1. The van der Waals surface area contributed by atoms with E-state index in [1.54, 1.807) is 24.4 Å². The third-order valence-electron chi connectivity index (χ3n) is 6.43. The van der Waals surface area contributed by atoms with Crippen molar-refractivity contribution in [2.24, 2.45) is 5.73 Å². The van der Waals surface area contributed by atoms with Crippen LogP contribution in [0.4, 0.5) is 10.1 Å². The highest BCUT2D eigenvalue weighted by Crippen LogP contribution is 2.41. The monoisotopic (exact) mass is 442 g/mol. The van der Waals surface area contributed by atoms with E-state index in [0.29, 0.717) is 31.5 Å². The Bertz CT molecular complexity index is 1360. The van der Waals surface area contributed by atoms with Gasteiger partial charge in [0.15, 0.2) is 0 Å². The van der Waals surface area contributed by atoms with Gasteiger partial charge in [0.2, 0.25) is 0 Å². The van der Waals surface area contributed by atoms with Gasteiger partial charge in [0, 0.05) is 41.8 Å². The Morgan fingerprint density at radius 1 is 1.21 bits per heavy atom. The van der Waals surface area contributed by atoms with Crippen LogP contribution in [0.15, 0.2) is 60.6 Å². The average molecular weight is 442 g/mol. The molecule has 2 aliphatic rings. The summed E-state index contributed by atoms with van der Waals surface area (Å²) >= 11 is 0. The second kappa shape index (κ2) is 8.32. The molecule has 2 heterocycles. The molecule has 33 heavy (non-hydrogen) atoms. The van der Waals surface area contributed by atoms with Gasteiger partial charge in [0.05, 0.1) is 22.9 Å². The van der Waals surface area contributed by atoms with E-state index in [1.807, 2.05) is 24.3 Å². The normalized spacial score (nSPS) is 20.5. The fraction of sp³-hybridized carbons (Fsp3) is 0.231. The number of phenolic OH excluding ortho intramolecular Hbond substituents is 1. The number of para-hydroxylation sites is 1. The first-order valence-corrected chi connectivity index (χ1v) is 10.9. The van der Waals surface area contributed by atoms with Crippen LogP contribution in [0.3, 0.4) is 0 Å². The van der Waals surface area contributed by atoms with E-state index >= 15 is 0 Å². The second-order valence-electron chi connectivity index (χ2n) is 8.49. The quantitative estimate of drug-likeness (QED) is 0.566. The standard InChI is InChI=1S/C26H23FN4O2/c27-18-6-4-15(10-18)21-13-30-23-7-5-16(19-3-1-2-17(12-28)26(19)33)11-20(23)25(21)31-9-8-22(29)24(32)14-31/h1-3,5-7,10-11,13,22,24,32-33H,4,8-9,14,29H2/t22-,24+/m1/s1. The van der Waals surface area contributed by atoms with E-state index in [1.165, 1.54) is 12.2 Å². The molecule has 0 unspecified atom stereocenters. The molecule has 3 aromatic rings. The predicted molar refractivity (Wildman–Crippen MR) is 126 cm³/mol. The van der Waals surface area contributed by atoms with Crippen LogP contribution in [0.5, 0.6) is 5.75 Å². The summed E-state index contributed by atoms with van der Waals surface area (Å²) in [6.07, 6.45) is 5.22. The van der Waals surface area contributed by atoms with E-state index < -0.39 is 6.10 Å². The zero-order chi connectivity index (χ0) is 23.1. The molecule has 4 N–H and O–H groups in total. The summed E-state index contributed by atoms with van der Waals surface area (Å²) in [6, 6.07) is 12.4. The number of pyridine rings is 1. The van der Waals surface area contributed by atoms with Crippen LogP contribution < -0.4 is 10.6 Å². The lowest BCUT2D eigenvalue weighted by Gasteiger charge is -2.37. The summed E-state index contributed by atoms with van der Waals surface area (Å²) in [7, 11) is 0. The molecule has 1 aromatic heterocycles. The molecule has 6 nitrogen and oxygen atoms in total. The molecule has 0 saturated carbocycles. The number of halogens is 1. The number of anilines is 1. The van der Waals surface area contributed by atoms with Crippen LogP contribution in [-0.4, -0.2) is 40.4 Å². The van der Waals surface area contributed by atoms with E-state index in [-0.39, 0.29) is 23.2 Å². The minimum Gasteiger partial charge on any atom is -0.506 e. The highest BCUT2D eigenvalue weighted by Gasteiger charge is 2.28. The molecule has 0 spiro atoms. The van der Waals surface area contributed by atoms with Crippen LogP contribution in [0.25, 0.3) is 27.6 Å². The van der Waals surface area contributed by atoms with Crippen LogP contribution >= 0.6 is 0 Å². The van der Waals surface area contributed by atoms with Gasteiger partial charge in [-0.25, -0.2) is 4.39 Å². The first kappa shape index (κ1) is 21.1. The summed E-state index contributed by atoms with van der Waals surface area (Å²) in [6.45, 7) is 1.00. The molecule has 1 aliphatic carbocycles. The third-order valence-corrected chi connectivity index (χ3v) is 6.43. The predicted octanol–water partition coefficient (Wildman–Crippen LogP) is 4.02. The molecule has 2 aromatic carbocycles. The summed E-state index contributed by atoms with van der Waals surface area (Å²) in [4.78, 5) is 6.70. The smallest absolute Gasteiger partial charge is 0.141 e. The lowest BCUT2D eigenvalue weighted by atomic mass is 9.94. The molecule has 1 aliphatic heterocycles. The Morgan fingerprint density at radius 3 is 2.79 bits per heavy atom. The Hall–Kier alpha value is -3.73. The van der Waals surface area contributed by atoms with Gasteiger partial charge >= 0.3 is 0 Å². The van der Waals surface area contributed by atoms with Crippen molar-refractivity contribution >= 4 is 22.2 Å². The molecule has 2 atom stereocenters. The largest absolute Gasteiger partial charge is 0.506 e. The SMILES string of the molecule is N#Cc1cccc(-c2ccc3ncc(C4=CC(F)=CC4)c(N4CC[C@@H](N)[C@@H](O)C4)c3c2)c1O. The van der Waals surface area contributed by atoms with Gasteiger partial charge in [-0.05, 0) is 54.3 Å². The lowest BCUT2D eigenvalue weighted by molar-refractivity contribution is 0.132. The molecule has 0 bridgehead atoms. The number of benzene rings is 2. The number of piperidine rings is 1. The molecule has 0 radical (unpaired) electrons. The Balaban J connectivity index is 1.72. The minimum absolute atomic E-state index is 0.0749. The first-order valence-electron chi connectivity index (χ1n) is 10.9. The zero-order valence-corrected chi connectivity index (χ0v) is 17.9. The average Bonchev–Trinajstić information content (AvgIpc) is 3.26. The van der Waals surface area contributed by atoms with Crippen LogP contribution in [0.2, 0.25) is 0 Å². The van der Waals surface area contributed by atoms with Crippen molar-refractivity contribution in [1.29, 1.82) is 5.26 Å². The van der Waals surface area contributed by atoms with Crippen molar-refractivity contribution in [1.82, 2.24) is 4.98 Å². The van der Waals surface area contributed by atoms with Crippen LogP contribution in [0, 0.1) is 11.3 Å². The number of hydrogen-bond donors (Lipinski definition) is 3. The van der Waals surface area contributed by atoms with Crippen molar-refractivity contribution in [2.45, 2.75) is 25.0 Å². The fourth-order valence-corrected chi connectivity index (χ4v) is 4.62. The zero-order valence-electron chi connectivity index (χ0n) is 17.9. The topological polar surface area (TPSA) is 106 Å². The molecular formula is C26H23FN4O2. The lowest BCUT2D eigenvalue weighted by Crippen LogP contribution is -2.50. The molecule has 7 heteroatoms. The number of hydrogen-bond acceptors (Lipinski definition) is 6. The summed E-state index contributed by atoms with van der Waals surface area (Å²) in [5.74, 6) is -0.349. The van der Waals surface area contributed by atoms with E-state index in [0.717, 1.165) is 33.3 Å². The molecule has 166 valence electrons. The summed E-state index contributed by atoms with van der Waals surface area (Å²) in [5, 5.41) is 31.2. The third kappa shape index (κ3) is 3.74. The van der Waals surface area contributed by atoms with Crippen molar-refractivity contribution in [3.63, 3.8) is 0 Å². The number of β-amino-alcohol motifs (C(OH)–C–C–N with tert-alkyl or cyclic N) is 1. The summed E-state index contributed by atoms with van der Waals surface area (Å²) in [5.41, 5.74) is 10.7. The number of nitrogens with zero attached hydrogens (tertiary/aromatic N) is 3. The fourth-order valence-electron chi connectivity index (χ4n) is 4.62. The van der Waals surface area contributed by atoms with E-state index in [4.69, 9.17) is 5.73 Å². The number of aromatic nitrogens is 1. The number of allylic oxidation sites excluding steroid dienone is 4. The van der Waals surface area contributed by atoms with E-state index in [2.05, 4.69) is 9.88 Å². The number of phenols is 1. The van der Waals surface area contributed by atoms with Crippen molar-refractivity contribution in [3.05, 3.63) is 71.7 Å². The van der Waals surface area contributed by atoms with Gasteiger partial charge < -0.3 is 20.8 Å². The Morgan fingerprint density at radius 2 is 2.06 bits per heavy atom. The van der Waals surface area contributed by atoms with Crippen molar-refractivity contribution in [3.8, 4) is 22.9 Å². The van der Waals surface area contributed by atoms with Gasteiger partial charge in [-0.1, -0.05) is 18.2 Å². The van der Waals surface area contributed by atoms with Gasteiger partial charge in [-0.3, -0.25) is 4.98 Å². The number of nitrogens with two attached hydrogens (primary N) is 1. The first-order chi connectivity index (χ1) is 16.0. The number of nitriles is 1. The van der Waals surface area contributed by atoms with Crippen molar-refractivity contribution in [2.75, 3.05) is 18.0 Å². The highest BCUT2D eigenvalue weighted by molar-refractivity contribution is 6.01. The molecule has 0 amide bonds. The minimum atomic E-state index is -0.679. The van der Waals surface area contributed by atoms with Crippen LogP contribution in [0.1, 0.15) is 24.0 Å². The Kier molecular flexibility index (Phi) is 5.33. The molecule has 5 rings (SSSR count). The van der Waals surface area contributed by atoms with Gasteiger partial charge in [-0.2, -0.15) is 5.26 Å². The Labute approximate surface area is 190 Å². The second-order valence-corrected chi connectivity index (χ2v) is 8.49. The summed E-state index contributed by atoms with van der Waals surface area (Å²) < 4.78 is 13.9. The van der Waals surface area contributed by atoms with E-state index in [9.17, 15) is 19.9 Å². The van der Waals surface area contributed by atoms with Gasteiger partial charge in [-0.15, -0.1) is 0 Å². The van der Waals surface area contributed by atoms with Gasteiger partial charge in [0.25, 0.3) is 0 Å². The number of fused-ring (bicyclic) bond motifs is 1. The molecule has 1 saturated heterocycles. The maximum atomic E-state index is 13.9. The van der Waals surface area contributed by atoms with Crippen LogP contribution in [-0.2, 0) is 0 Å². The van der Waals surface area contributed by atoms with Gasteiger partial charge in [0.1, 0.15) is 17.6 Å². The maximum absolute atomic E-state index is 13.9. The molecule has 1 fully saturated rings. The number of rotatable bonds is 3.